The van der Waals surface area contributed by atoms with Gasteiger partial charge in [0, 0.05) is 18.0 Å². The highest BCUT2D eigenvalue weighted by atomic mass is 35.5. The first kappa shape index (κ1) is 15.9. The second-order valence-electron chi connectivity index (χ2n) is 5.80. The van der Waals surface area contributed by atoms with Gasteiger partial charge in [-0.1, -0.05) is 11.6 Å². The predicted molar refractivity (Wildman–Crippen MR) is 87.7 cm³/mol. The van der Waals surface area contributed by atoms with Crippen LogP contribution in [0.4, 0.5) is 0 Å². The monoisotopic (exact) mass is 334 g/mol. The zero-order chi connectivity index (χ0) is 16.4. The Labute approximate surface area is 140 Å². The Balaban J connectivity index is 1.60. The lowest BCUT2D eigenvalue weighted by Crippen LogP contribution is -2.41. The molecule has 0 unspecified atom stereocenters. The van der Waals surface area contributed by atoms with Crippen molar-refractivity contribution < 1.29 is 13.9 Å². The number of carbonyl (C=O) groups excluding carboxylic acids is 1. The number of likely N-dealkylation sites (N-methyl/N-ethyl adjacent to an activating group) is 1. The Hall–Kier alpha value is -1.98. The van der Waals surface area contributed by atoms with E-state index in [4.69, 9.17) is 20.8 Å². The molecule has 0 spiro atoms. The van der Waals surface area contributed by atoms with E-state index < -0.39 is 6.10 Å². The molecule has 1 amide bonds. The van der Waals surface area contributed by atoms with Gasteiger partial charge >= 0.3 is 0 Å². The molecule has 1 aromatic carbocycles. The highest BCUT2D eigenvalue weighted by Crippen LogP contribution is 2.31. The molecular formula is C17H19ClN2O3. The summed E-state index contributed by atoms with van der Waals surface area (Å²) in [6.45, 7) is 0.455. The van der Waals surface area contributed by atoms with E-state index in [-0.39, 0.29) is 11.9 Å². The summed E-state index contributed by atoms with van der Waals surface area (Å²) in [7, 11) is 3.90. The van der Waals surface area contributed by atoms with Crippen molar-refractivity contribution in [3.8, 4) is 5.75 Å². The maximum Gasteiger partial charge on any atom is 0.261 e. The minimum Gasteiger partial charge on any atom is -0.480 e. The molecule has 1 aliphatic heterocycles. The molecule has 2 atom stereocenters. The summed E-state index contributed by atoms with van der Waals surface area (Å²) in [5.74, 6) is 1.41. The molecule has 1 N–H and O–H groups in total. The number of carbonyl (C=O) groups is 1. The van der Waals surface area contributed by atoms with Crippen LogP contribution in [0.5, 0.6) is 5.75 Å². The van der Waals surface area contributed by atoms with E-state index >= 15 is 0 Å². The van der Waals surface area contributed by atoms with Crippen molar-refractivity contribution in [1.29, 1.82) is 0 Å². The number of benzene rings is 1. The maximum atomic E-state index is 12.4. The fourth-order valence-corrected chi connectivity index (χ4v) is 2.89. The number of furan rings is 1. The number of hydrogen-bond donors (Lipinski definition) is 1. The van der Waals surface area contributed by atoms with Gasteiger partial charge in [0.05, 0.1) is 12.3 Å². The molecule has 1 aliphatic rings. The number of nitrogens with zero attached hydrogens (tertiary/aromatic N) is 1. The SMILES string of the molecule is CN(C)[C@H](CNC(=O)[C@@H]1Cc2cc(Cl)ccc2O1)c1ccco1. The summed E-state index contributed by atoms with van der Waals surface area (Å²) >= 11 is 5.97. The van der Waals surface area contributed by atoms with E-state index in [2.05, 4.69) is 5.32 Å². The van der Waals surface area contributed by atoms with Crippen LogP contribution in [0, 0.1) is 0 Å². The van der Waals surface area contributed by atoms with Gasteiger partial charge in [-0.05, 0) is 50.0 Å². The maximum absolute atomic E-state index is 12.4. The van der Waals surface area contributed by atoms with E-state index in [1.165, 1.54) is 0 Å². The van der Waals surface area contributed by atoms with Gasteiger partial charge < -0.3 is 14.5 Å². The van der Waals surface area contributed by atoms with E-state index in [1.54, 1.807) is 18.4 Å². The van der Waals surface area contributed by atoms with Crippen molar-refractivity contribution in [2.24, 2.45) is 0 Å². The minimum absolute atomic E-state index is 0.0211. The van der Waals surface area contributed by atoms with Crippen molar-refractivity contribution in [1.82, 2.24) is 10.2 Å². The van der Waals surface area contributed by atoms with Gasteiger partial charge in [0.15, 0.2) is 6.10 Å². The average molecular weight is 335 g/mol. The number of hydrogen-bond acceptors (Lipinski definition) is 4. The number of fused-ring (bicyclic) bond motifs is 1. The minimum atomic E-state index is -0.511. The third kappa shape index (κ3) is 3.51. The lowest BCUT2D eigenvalue weighted by atomic mass is 10.1. The number of halogens is 1. The average Bonchev–Trinajstić information content (AvgIpc) is 3.15. The van der Waals surface area contributed by atoms with Gasteiger partial charge in [-0.3, -0.25) is 9.69 Å². The fourth-order valence-electron chi connectivity index (χ4n) is 2.69. The van der Waals surface area contributed by atoms with Crippen molar-refractivity contribution in [2.75, 3.05) is 20.6 Å². The largest absolute Gasteiger partial charge is 0.480 e. The van der Waals surface area contributed by atoms with E-state index in [0.29, 0.717) is 18.0 Å². The van der Waals surface area contributed by atoms with E-state index in [0.717, 1.165) is 17.1 Å². The summed E-state index contributed by atoms with van der Waals surface area (Å²) < 4.78 is 11.1. The number of rotatable bonds is 5. The van der Waals surface area contributed by atoms with Crippen LogP contribution in [0.2, 0.25) is 5.02 Å². The summed E-state index contributed by atoms with van der Waals surface area (Å²) in [6.07, 6.45) is 1.66. The van der Waals surface area contributed by atoms with Crippen LogP contribution in [0.15, 0.2) is 41.0 Å². The summed E-state index contributed by atoms with van der Waals surface area (Å²) in [5, 5.41) is 3.60. The molecule has 0 aliphatic carbocycles. The molecular weight excluding hydrogens is 316 g/mol. The molecule has 0 saturated heterocycles. The highest BCUT2D eigenvalue weighted by Gasteiger charge is 2.30. The zero-order valence-electron chi connectivity index (χ0n) is 13.1. The van der Waals surface area contributed by atoms with Crippen LogP contribution in [-0.4, -0.2) is 37.6 Å². The molecule has 3 rings (SSSR count). The molecule has 6 heteroatoms. The van der Waals surface area contributed by atoms with Gasteiger partial charge in [-0.25, -0.2) is 0 Å². The van der Waals surface area contributed by atoms with Crippen LogP contribution < -0.4 is 10.1 Å². The molecule has 0 fully saturated rings. The van der Waals surface area contributed by atoms with Crippen LogP contribution in [0.25, 0.3) is 0 Å². The Morgan fingerprint density at radius 2 is 2.26 bits per heavy atom. The Bertz CT molecular complexity index is 685. The first-order valence-corrected chi connectivity index (χ1v) is 7.85. The number of ether oxygens (including phenoxy) is 1. The summed E-state index contributed by atoms with van der Waals surface area (Å²) in [5.41, 5.74) is 0.966. The Morgan fingerprint density at radius 1 is 1.43 bits per heavy atom. The number of amides is 1. The van der Waals surface area contributed by atoms with Gasteiger partial charge in [-0.2, -0.15) is 0 Å². The van der Waals surface area contributed by atoms with E-state index in [1.807, 2.05) is 37.2 Å². The normalized spacial score (nSPS) is 17.7. The molecule has 0 bridgehead atoms. The molecule has 23 heavy (non-hydrogen) atoms. The van der Waals surface area contributed by atoms with Gasteiger partial charge in [0.25, 0.3) is 5.91 Å². The first-order valence-electron chi connectivity index (χ1n) is 7.47. The lowest BCUT2D eigenvalue weighted by Gasteiger charge is -2.23. The van der Waals surface area contributed by atoms with Gasteiger partial charge in [0.1, 0.15) is 11.5 Å². The summed E-state index contributed by atoms with van der Waals surface area (Å²) in [6, 6.07) is 9.13. The Morgan fingerprint density at radius 3 is 2.96 bits per heavy atom. The smallest absolute Gasteiger partial charge is 0.261 e. The highest BCUT2D eigenvalue weighted by molar-refractivity contribution is 6.30. The number of nitrogens with one attached hydrogen (secondary N) is 1. The van der Waals surface area contributed by atoms with Crippen molar-refractivity contribution in [3.05, 3.63) is 52.9 Å². The molecule has 5 nitrogen and oxygen atoms in total. The van der Waals surface area contributed by atoms with Gasteiger partial charge in [-0.15, -0.1) is 0 Å². The zero-order valence-corrected chi connectivity index (χ0v) is 13.8. The van der Waals surface area contributed by atoms with Crippen LogP contribution in [0.3, 0.4) is 0 Å². The molecule has 0 radical (unpaired) electrons. The standard InChI is InChI=1S/C17H19ClN2O3/c1-20(2)13(15-4-3-7-22-15)10-19-17(21)16-9-11-8-12(18)5-6-14(11)23-16/h3-8,13,16H,9-10H2,1-2H3,(H,19,21)/t13-,16+/m1/s1. The van der Waals surface area contributed by atoms with Crippen LogP contribution in [0.1, 0.15) is 17.4 Å². The van der Waals surface area contributed by atoms with Crippen molar-refractivity contribution in [2.45, 2.75) is 18.6 Å². The topological polar surface area (TPSA) is 54.7 Å². The molecule has 1 aromatic heterocycles. The molecule has 122 valence electrons. The van der Waals surface area contributed by atoms with Crippen LogP contribution >= 0.6 is 11.6 Å². The van der Waals surface area contributed by atoms with Gasteiger partial charge in [0.2, 0.25) is 0 Å². The lowest BCUT2D eigenvalue weighted by molar-refractivity contribution is -0.127. The van der Waals surface area contributed by atoms with Crippen LogP contribution in [-0.2, 0) is 11.2 Å². The second kappa shape index (κ2) is 6.64. The van der Waals surface area contributed by atoms with E-state index in [9.17, 15) is 4.79 Å². The third-order valence-electron chi connectivity index (χ3n) is 3.95. The first-order chi connectivity index (χ1) is 11.0. The molecule has 2 aromatic rings. The quantitative estimate of drug-likeness (QED) is 0.913. The predicted octanol–water partition coefficient (Wildman–Crippen LogP) is 2.66. The summed E-state index contributed by atoms with van der Waals surface area (Å²) in [4.78, 5) is 14.4. The fraction of sp³-hybridized carbons (Fsp3) is 0.353. The van der Waals surface area contributed by atoms with Crippen molar-refractivity contribution in [3.63, 3.8) is 0 Å². The van der Waals surface area contributed by atoms with Crippen molar-refractivity contribution >= 4 is 17.5 Å². The third-order valence-corrected chi connectivity index (χ3v) is 4.19. The second-order valence-corrected chi connectivity index (χ2v) is 6.24. The molecule has 0 saturated carbocycles. The molecule has 2 heterocycles. The Kier molecular flexibility index (Phi) is 4.59.